The van der Waals surface area contributed by atoms with E-state index in [1.54, 1.807) is 24.3 Å². The Morgan fingerprint density at radius 2 is 1.69 bits per heavy atom. The van der Waals surface area contributed by atoms with Crippen LogP contribution in [0, 0.1) is 0 Å². The molecule has 0 saturated carbocycles. The van der Waals surface area contributed by atoms with E-state index in [0.29, 0.717) is 21.9 Å². The van der Waals surface area contributed by atoms with Gasteiger partial charge in [-0.3, -0.25) is 4.79 Å². The largest absolute Gasteiger partial charge is 0.456 e. The Labute approximate surface area is 99.6 Å². The third-order valence-corrected chi connectivity index (χ3v) is 3.03. The van der Waals surface area contributed by atoms with Crippen LogP contribution >= 0.6 is 15.9 Å². The van der Waals surface area contributed by atoms with Gasteiger partial charge in [0.15, 0.2) is 0 Å². The average molecular weight is 275 g/mol. The summed E-state index contributed by atoms with van der Waals surface area (Å²) >= 11 is 3.35. The normalized spacial score (nSPS) is 11.1. The predicted octanol–water partition coefficient (Wildman–Crippen LogP) is 3.71. The molecule has 0 radical (unpaired) electrons. The molecule has 1 aromatic heterocycles. The topological polar surface area (TPSA) is 30.2 Å². The summed E-state index contributed by atoms with van der Waals surface area (Å²) in [6.07, 6.45) is 0. The standard InChI is InChI=1S/C13H7BrO2/c14-8-5-6-12-10(7-8)13(15)9-3-1-2-4-11(9)16-12/h1-7H. The van der Waals surface area contributed by atoms with Crippen molar-refractivity contribution >= 4 is 37.9 Å². The van der Waals surface area contributed by atoms with Gasteiger partial charge in [0.05, 0.1) is 10.8 Å². The molecule has 0 aliphatic rings. The van der Waals surface area contributed by atoms with Crippen LogP contribution in [-0.2, 0) is 0 Å². The van der Waals surface area contributed by atoms with Crippen molar-refractivity contribution in [3.63, 3.8) is 0 Å². The van der Waals surface area contributed by atoms with Crippen molar-refractivity contribution in [2.24, 2.45) is 0 Å². The van der Waals surface area contributed by atoms with Crippen LogP contribution in [-0.4, -0.2) is 0 Å². The fraction of sp³-hybridized carbons (Fsp3) is 0. The minimum atomic E-state index is 0.0122. The van der Waals surface area contributed by atoms with Crippen molar-refractivity contribution in [1.82, 2.24) is 0 Å². The molecule has 0 aliphatic carbocycles. The van der Waals surface area contributed by atoms with Crippen LogP contribution in [0.4, 0.5) is 0 Å². The van der Waals surface area contributed by atoms with Crippen LogP contribution in [0.2, 0.25) is 0 Å². The number of para-hydroxylation sites is 1. The van der Waals surface area contributed by atoms with Crippen molar-refractivity contribution in [2.75, 3.05) is 0 Å². The van der Waals surface area contributed by atoms with Gasteiger partial charge in [-0.15, -0.1) is 0 Å². The molecule has 16 heavy (non-hydrogen) atoms. The highest BCUT2D eigenvalue weighted by Gasteiger charge is 2.06. The zero-order valence-corrected chi connectivity index (χ0v) is 9.82. The summed E-state index contributed by atoms with van der Waals surface area (Å²) in [7, 11) is 0. The van der Waals surface area contributed by atoms with Gasteiger partial charge in [0.25, 0.3) is 0 Å². The molecule has 2 aromatic carbocycles. The first-order valence-corrected chi connectivity index (χ1v) is 5.66. The Hall–Kier alpha value is -1.61. The predicted molar refractivity (Wildman–Crippen MR) is 67.7 cm³/mol. The van der Waals surface area contributed by atoms with Crippen LogP contribution < -0.4 is 5.43 Å². The number of fused-ring (bicyclic) bond motifs is 2. The molecular weight excluding hydrogens is 268 g/mol. The molecule has 0 spiro atoms. The first-order chi connectivity index (χ1) is 7.75. The summed E-state index contributed by atoms with van der Waals surface area (Å²) in [5.41, 5.74) is 1.26. The number of hydrogen-bond acceptors (Lipinski definition) is 2. The highest BCUT2D eigenvalue weighted by molar-refractivity contribution is 9.10. The monoisotopic (exact) mass is 274 g/mol. The van der Waals surface area contributed by atoms with E-state index in [4.69, 9.17) is 4.42 Å². The van der Waals surface area contributed by atoms with E-state index in [0.717, 1.165) is 4.47 Å². The molecule has 0 bridgehead atoms. The van der Waals surface area contributed by atoms with E-state index in [9.17, 15) is 4.79 Å². The Bertz CT molecular complexity index is 744. The third kappa shape index (κ3) is 1.36. The molecule has 3 aromatic rings. The molecule has 2 nitrogen and oxygen atoms in total. The minimum absolute atomic E-state index is 0.0122. The molecule has 1 heterocycles. The summed E-state index contributed by atoms with van der Waals surface area (Å²) in [5, 5.41) is 1.22. The van der Waals surface area contributed by atoms with Gasteiger partial charge in [0, 0.05) is 4.47 Å². The molecule has 3 rings (SSSR count). The van der Waals surface area contributed by atoms with Gasteiger partial charge in [-0.25, -0.2) is 0 Å². The Morgan fingerprint density at radius 1 is 0.938 bits per heavy atom. The second-order valence-electron chi connectivity index (χ2n) is 3.57. The maximum atomic E-state index is 12.2. The van der Waals surface area contributed by atoms with Crippen molar-refractivity contribution in [1.29, 1.82) is 0 Å². The van der Waals surface area contributed by atoms with E-state index in [2.05, 4.69) is 15.9 Å². The molecule has 0 aliphatic heterocycles. The number of rotatable bonds is 0. The Kier molecular flexibility index (Phi) is 2.07. The van der Waals surface area contributed by atoms with E-state index in [-0.39, 0.29) is 5.43 Å². The minimum Gasteiger partial charge on any atom is -0.456 e. The maximum Gasteiger partial charge on any atom is 0.200 e. The molecular formula is C13H7BrO2. The van der Waals surface area contributed by atoms with Gasteiger partial charge < -0.3 is 4.42 Å². The summed E-state index contributed by atoms with van der Waals surface area (Å²) < 4.78 is 6.54. The fourth-order valence-corrected chi connectivity index (χ4v) is 2.14. The molecule has 78 valence electrons. The van der Waals surface area contributed by atoms with Crippen molar-refractivity contribution < 1.29 is 4.42 Å². The highest BCUT2D eigenvalue weighted by Crippen LogP contribution is 2.21. The van der Waals surface area contributed by atoms with Crippen molar-refractivity contribution in [2.45, 2.75) is 0 Å². The lowest BCUT2D eigenvalue weighted by Gasteiger charge is -2.00. The van der Waals surface area contributed by atoms with E-state index in [1.807, 2.05) is 18.2 Å². The molecule has 0 N–H and O–H groups in total. The number of benzene rings is 2. The van der Waals surface area contributed by atoms with Gasteiger partial charge >= 0.3 is 0 Å². The molecule has 0 atom stereocenters. The van der Waals surface area contributed by atoms with Crippen LogP contribution in [0.3, 0.4) is 0 Å². The summed E-state index contributed by atoms with van der Waals surface area (Å²) in [6, 6.07) is 12.7. The van der Waals surface area contributed by atoms with E-state index in [1.165, 1.54) is 0 Å². The Morgan fingerprint density at radius 3 is 2.56 bits per heavy atom. The second-order valence-corrected chi connectivity index (χ2v) is 4.48. The summed E-state index contributed by atoms with van der Waals surface area (Å²) in [4.78, 5) is 12.2. The first-order valence-electron chi connectivity index (χ1n) is 4.87. The number of hydrogen-bond donors (Lipinski definition) is 0. The van der Waals surface area contributed by atoms with Crippen LogP contribution in [0.25, 0.3) is 21.9 Å². The van der Waals surface area contributed by atoms with Crippen LogP contribution in [0.5, 0.6) is 0 Å². The van der Waals surface area contributed by atoms with Gasteiger partial charge in [0.1, 0.15) is 11.2 Å². The summed E-state index contributed by atoms with van der Waals surface area (Å²) in [6.45, 7) is 0. The Balaban J connectivity index is 2.61. The summed E-state index contributed by atoms with van der Waals surface area (Å²) in [5.74, 6) is 0. The van der Waals surface area contributed by atoms with Gasteiger partial charge in [-0.2, -0.15) is 0 Å². The number of halogens is 1. The maximum absolute atomic E-state index is 12.2. The van der Waals surface area contributed by atoms with Crippen LogP contribution in [0.1, 0.15) is 0 Å². The fourth-order valence-electron chi connectivity index (χ4n) is 1.78. The quantitative estimate of drug-likeness (QED) is 0.585. The van der Waals surface area contributed by atoms with Crippen molar-refractivity contribution in [3.05, 3.63) is 57.2 Å². The molecule has 0 unspecified atom stereocenters. The van der Waals surface area contributed by atoms with Gasteiger partial charge in [0.2, 0.25) is 5.43 Å². The molecule has 0 fully saturated rings. The smallest absolute Gasteiger partial charge is 0.200 e. The zero-order valence-electron chi connectivity index (χ0n) is 8.24. The molecule has 3 heteroatoms. The third-order valence-electron chi connectivity index (χ3n) is 2.54. The van der Waals surface area contributed by atoms with E-state index >= 15 is 0 Å². The van der Waals surface area contributed by atoms with E-state index < -0.39 is 0 Å². The first kappa shape index (κ1) is 9.60. The lowest BCUT2D eigenvalue weighted by Crippen LogP contribution is -2.01. The van der Waals surface area contributed by atoms with Crippen LogP contribution in [0.15, 0.2) is 56.1 Å². The molecule has 0 saturated heterocycles. The van der Waals surface area contributed by atoms with Gasteiger partial charge in [-0.1, -0.05) is 28.1 Å². The lowest BCUT2D eigenvalue weighted by atomic mass is 10.1. The lowest BCUT2D eigenvalue weighted by molar-refractivity contribution is 0.660. The molecule has 0 amide bonds. The zero-order chi connectivity index (χ0) is 11.1. The SMILES string of the molecule is O=c1c2ccccc2oc2ccc(Br)cc12. The van der Waals surface area contributed by atoms with Crippen molar-refractivity contribution in [3.8, 4) is 0 Å². The second kappa shape index (κ2) is 3.46. The van der Waals surface area contributed by atoms with Gasteiger partial charge in [-0.05, 0) is 30.3 Å². The highest BCUT2D eigenvalue weighted by atomic mass is 79.9. The average Bonchev–Trinajstić information content (AvgIpc) is 2.31.